The van der Waals surface area contributed by atoms with Crippen molar-refractivity contribution in [3.05, 3.63) is 65.7 Å². The van der Waals surface area contributed by atoms with Crippen LogP contribution in [0.25, 0.3) is 6.08 Å². The van der Waals surface area contributed by atoms with Gasteiger partial charge in [-0.25, -0.2) is 0 Å². The molecule has 0 saturated carbocycles. The van der Waals surface area contributed by atoms with E-state index in [9.17, 15) is 18.0 Å². The molecule has 1 heterocycles. The maximum absolute atomic E-state index is 12.5. The van der Waals surface area contributed by atoms with Gasteiger partial charge in [0.15, 0.2) is 0 Å². The minimum atomic E-state index is -4.79. The van der Waals surface area contributed by atoms with Crippen molar-refractivity contribution in [1.29, 1.82) is 0 Å². The van der Waals surface area contributed by atoms with Gasteiger partial charge in [0.05, 0.1) is 0 Å². The molecule has 1 saturated heterocycles. The highest BCUT2D eigenvalue weighted by molar-refractivity contribution is 5.92. The maximum Gasteiger partial charge on any atom is 0.573 e. The average molecular weight is 419 g/mol. The normalized spacial score (nSPS) is 15.4. The van der Waals surface area contributed by atoms with Crippen LogP contribution in [0.2, 0.25) is 0 Å². The number of benzene rings is 2. The van der Waals surface area contributed by atoms with Gasteiger partial charge in [0.25, 0.3) is 0 Å². The minimum Gasteiger partial charge on any atom is -0.405 e. The molecule has 0 aromatic heterocycles. The van der Waals surface area contributed by atoms with Gasteiger partial charge in [-0.15, -0.1) is 13.2 Å². The molecule has 0 atom stereocenters. The van der Waals surface area contributed by atoms with Gasteiger partial charge in [0, 0.05) is 50.1 Å². The summed E-state index contributed by atoms with van der Waals surface area (Å²) in [5.41, 5.74) is 2.24. The molecular weight excluding hydrogens is 395 g/mol. The van der Waals surface area contributed by atoms with Gasteiger partial charge < -0.3 is 19.9 Å². The fourth-order valence-electron chi connectivity index (χ4n) is 3.26. The number of rotatable bonds is 6. The van der Waals surface area contributed by atoms with E-state index in [1.165, 1.54) is 30.4 Å². The number of nitrogens with zero attached hydrogens (tertiary/aromatic N) is 2. The molecule has 30 heavy (non-hydrogen) atoms. The lowest BCUT2D eigenvalue weighted by atomic mass is 10.1. The number of piperazine rings is 1. The first-order valence-electron chi connectivity index (χ1n) is 9.64. The van der Waals surface area contributed by atoms with E-state index in [0.29, 0.717) is 6.54 Å². The fourth-order valence-corrected chi connectivity index (χ4v) is 3.26. The van der Waals surface area contributed by atoms with E-state index in [4.69, 9.17) is 0 Å². The topological polar surface area (TPSA) is 44.8 Å². The molecule has 0 radical (unpaired) electrons. The fraction of sp³-hybridized carbons (Fsp3) is 0.318. The molecule has 1 aliphatic heterocycles. The Morgan fingerprint density at radius 1 is 1.07 bits per heavy atom. The highest BCUT2D eigenvalue weighted by atomic mass is 19.4. The van der Waals surface area contributed by atoms with Crippen LogP contribution in [0.3, 0.4) is 0 Å². The van der Waals surface area contributed by atoms with Crippen LogP contribution in [-0.2, 0) is 11.3 Å². The molecule has 0 bridgehead atoms. The Bertz CT molecular complexity index is 891. The first-order valence-corrected chi connectivity index (χ1v) is 9.64. The highest BCUT2D eigenvalue weighted by Gasteiger charge is 2.31. The van der Waals surface area contributed by atoms with Gasteiger partial charge in [0.1, 0.15) is 5.75 Å². The number of para-hydroxylation sites is 2. The Morgan fingerprint density at radius 2 is 1.73 bits per heavy atom. The standard InChI is InChI=1S/C22H24F3N3O2/c1-27-12-14-28(15-13-27)19-8-4-2-7-18(19)16-26-21(29)11-10-17-6-3-5-9-20(17)30-22(23,24)25/h2-11H,12-16H2,1H3,(H,26,29)/b11-10+. The molecule has 1 fully saturated rings. The summed E-state index contributed by atoms with van der Waals surface area (Å²) in [7, 11) is 2.09. The zero-order valence-electron chi connectivity index (χ0n) is 16.7. The summed E-state index contributed by atoms with van der Waals surface area (Å²) in [6.45, 7) is 4.10. The predicted octanol–water partition coefficient (Wildman–Crippen LogP) is 3.67. The van der Waals surface area contributed by atoms with E-state index >= 15 is 0 Å². The van der Waals surface area contributed by atoms with Crippen LogP contribution in [0.4, 0.5) is 18.9 Å². The van der Waals surface area contributed by atoms with Crippen LogP contribution in [0.15, 0.2) is 54.6 Å². The van der Waals surface area contributed by atoms with Crippen molar-refractivity contribution < 1.29 is 22.7 Å². The van der Waals surface area contributed by atoms with Gasteiger partial charge >= 0.3 is 6.36 Å². The Hall–Kier alpha value is -3.00. The predicted molar refractivity (Wildman–Crippen MR) is 110 cm³/mol. The number of ether oxygens (including phenoxy) is 1. The zero-order chi connectivity index (χ0) is 21.6. The summed E-state index contributed by atoms with van der Waals surface area (Å²) in [6.07, 6.45) is -2.28. The van der Waals surface area contributed by atoms with E-state index in [0.717, 1.165) is 37.4 Å². The number of nitrogens with one attached hydrogen (secondary N) is 1. The number of hydrogen-bond acceptors (Lipinski definition) is 4. The number of hydrogen-bond donors (Lipinski definition) is 1. The maximum atomic E-state index is 12.5. The van der Waals surface area contributed by atoms with Gasteiger partial charge in [-0.1, -0.05) is 36.4 Å². The van der Waals surface area contributed by atoms with E-state index in [2.05, 4.69) is 26.9 Å². The third kappa shape index (κ3) is 6.25. The number of anilines is 1. The zero-order valence-corrected chi connectivity index (χ0v) is 16.7. The lowest BCUT2D eigenvalue weighted by Gasteiger charge is -2.35. The van der Waals surface area contributed by atoms with E-state index in [1.807, 2.05) is 24.3 Å². The molecule has 5 nitrogen and oxygen atoms in total. The van der Waals surface area contributed by atoms with E-state index in [1.54, 1.807) is 6.07 Å². The van der Waals surface area contributed by atoms with Gasteiger partial charge in [-0.2, -0.15) is 0 Å². The Labute approximate surface area is 173 Å². The molecule has 1 amide bonds. The highest BCUT2D eigenvalue weighted by Crippen LogP contribution is 2.27. The molecule has 0 aliphatic carbocycles. The first kappa shape index (κ1) is 21.7. The van der Waals surface area contributed by atoms with Crippen molar-refractivity contribution in [3.63, 3.8) is 0 Å². The third-order valence-electron chi connectivity index (χ3n) is 4.85. The van der Waals surface area contributed by atoms with Gasteiger partial charge in [-0.3, -0.25) is 4.79 Å². The summed E-state index contributed by atoms with van der Waals surface area (Å²) < 4.78 is 41.5. The summed E-state index contributed by atoms with van der Waals surface area (Å²) in [5.74, 6) is -0.751. The summed E-state index contributed by atoms with van der Waals surface area (Å²) in [6, 6.07) is 13.6. The van der Waals surface area contributed by atoms with Crippen LogP contribution >= 0.6 is 0 Å². The number of likely N-dealkylation sites (N-methyl/N-ethyl adjacent to an activating group) is 1. The molecule has 1 N–H and O–H groups in total. The largest absolute Gasteiger partial charge is 0.573 e. The van der Waals surface area contributed by atoms with Crippen molar-refractivity contribution in [1.82, 2.24) is 10.2 Å². The van der Waals surface area contributed by atoms with E-state index in [-0.39, 0.29) is 11.3 Å². The molecule has 0 spiro atoms. The van der Waals surface area contributed by atoms with Crippen LogP contribution in [0.1, 0.15) is 11.1 Å². The monoisotopic (exact) mass is 419 g/mol. The van der Waals surface area contributed by atoms with Crippen LogP contribution in [0, 0.1) is 0 Å². The van der Waals surface area contributed by atoms with Gasteiger partial charge in [-0.05, 0) is 30.8 Å². The number of halogens is 3. The Balaban J connectivity index is 1.62. The summed E-state index contributed by atoms with van der Waals surface area (Å²) in [4.78, 5) is 16.8. The average Bonchev–Trinajstić information content (AvgIpc) is 2.71. The quantitative estimate of drug-likeness (QED) is 0.726. The Morgan fingerprint density at radius 3 is 2.47 bits per heavy atom. The molecule has 3 rings (SSSR count). The van der Waals surface area contributed by atoms with Crippen molar-refractivity contribution in [2.45, 2.75) is 12.9 Å². The van der Waals surface area contributed by atoms with Crippen LogP contribution in [0.5, 0.6) is 5.75 Å². The second-order valence-corrected chi connectivity index (χ2v) is 7.06. The van der Waals surface area contributed by atoms with Crippen LogP contribution in [-0.4, -0.2) is 50.4 Å². The minimum absolute atomic E-state index is 0.169. The lowest BCUT2D eigenvalue weighted by molar-refractivity contribution is -0.274. The van der Waals surface area contributed by atoms with Crippen molar-refractivity contribution >= 4 is 17.7 Å². The van der Waals surface area contributed by atoms with Crippen molar-refractivity contribution in [2.24, 2.45) is 0 Å². The van der Waals surface area contributed by atoms with Crippen LogP contribution < -0.4 is 15.0 Å². The molecule has 8 heteroatoms. The van der Waals surface area contributed by atoms with Gasteiger partial charge in [0.2, 0.25) is 5.91 Å². The number of amides is 1. The summed E-state index contributed by atoms with van der Waals surface area (Å²) >= 11 is 0. The van der Waals surface area contributed by atoms with Crippen molar-refractivity contribution in [3.8, 4) is 5.75 Å². The molecule has 0 unspecified atom stereocenters. The molecular formula is C22H24F3N3O2. The second-order valence-electron chi connectivity index (χ2n) is 7.06. The Kier molecular flexibility index (Phi) is 6.99. The molecule has 1 aliphatic rings. The van der Waals surface area contributed by atoms with Crippen molar-refractivity contribution in [2.75, 3.05) is 38.1 Å². The molecule has 2 aromatic carbocycles. The third-order valence-corrected chi connectivity index (χ3v) is 4.85. The number of carbonyl (C=O) groups is 1. The smallest absolute Gasteiger partial charge is 0.405 e. The lowest BCUT2D eigenvalue weighted by Crippen LogP contribution is -2.45. The first-order chi connectivity index (χ1) is 14.3. The number of carbonyl (C=O) groups excluding carboxylic acids is 1. The summed E-state index contributed by atoms with van der Waals surface area (Å²) in [5, 5.41) is 2.80. The molecule has 2 aromatic rings. The van der Waals surface area contributed by atoms with E-state index < -0.39 is 12.3 Å². The second kappa shape index (κ2) is 9.67. The SMILES string of the molecule is CN1CCN(c2ccccc2CNC(=O)/C=C/c2ccccc2OC(F)(F)F)CC1. The number of alkyl halides is 3. The molecule has 160 valence electrons.